The van der Waals surface area contributed by atoms with Gasteiger partial charge in [-0.05, 0) is 18.8 Å². The molecule has 12 heavy (non-hydrogen) atoms. The van der Waals surface area contributed by atoms with Crippen LogP contribution in [0.1, 0.15) is 24.3 Å². The number of rotatable bonds is 2. The van der Waals surface area contributed by atoms with E-state index in [9.17, 15) is 5.11 Å². The molecule has 3 heteroatoms. The van der Waals surface area contributed by atoms with Crippen molar-refractivity contribution in [2.75, 3.05) is 0 Å². The Hall–Kier alpha value is -0.410. The van der Waals surface area contributed by atoms with E-state index in [2.05, 4.69) is 4.98 Å². The summed E-state index contributed by atoms with van der Waals surface area (Å²) in [5.41, 5.74) is 0. The molecular weight excluding hydrogens is 170 g/mol. The normalized spacial score (nSPS) is 29.4. The second kappa shape index (κ2) is 3.54. The van der Waals surface area contributed by atoms with Crippen LogP contribution >= 0.6 is 11.3 Å². The summed E-state index contributed by atoms with van der Waals surface area (Å²) in [5.74, 6) is 0.469. The van der Waals surface area contributed by atoms with Crippen molar-refractivity contribution in [1.82, 2.24) is 4.98 Å². The molecule has 1 aliphatic carbocycles. The fraction of sp³-hybridized carbons (Fsp3) is 0.667. The van der Waals surface area contributed by atoms with Gasteiger partial charge < -0.3 is 5.11 Å². The van der Waals surface area contributed by atoms with Gasteiger partial charge in [0.15, 0.2) is 0 Å². The Balaban J connectivity index is 1.95. The Morgan fingerprint density at radius 3 is 3.08 bits per heavy atom. The molecule has 0 saturated heterocycles. The number of aliphatic hydroxyl groups is 1. The maximum absolute atomic E-state index is 9.56. The lowest BCUT2D eigenvalue weighted by Crippen LogP contribution is -2.15. The van der Waals surface area contributed by atoms with Gasteiger partial charge in [0, 0.05) is 18.0 Å². The van der Waals surface area contributed by atoms with Crippen LogP contribution in [0, 0.1) is 5.92 Å². The molecule has 0 spiro atoms. The summed E-state index contributed by atoms with van der Waals surface area (Å²) in [5, 5.41) is 12.7. The smallest absolute Gasteiger partial charge is 0.0928 e. The number of hydrogen-bond acceptors (Lipinski definition) is 3. The molecule has 2 rings (SSSR count). The summed E-state index contributed by atoms with van der Waals surface area (Å²) >= 11 is 1.69. The highest BCUT2D eigenvalue weighted by Crippen LogP contribution is 2.28. The molecule has 1 fully saturated rings. The Labute approximate surface area is 76.3 Å². The van der Waals surface area contributed by atoms with Gasteiger partial charge in [-0.25, -0.2) is 4.98 Å². The average molecular weight is 183 g/mol. The number of aliphatic hydroxyl groups excluding tert-OH is 1. The van der Waals surface area contributed by atoms with Crippen LogP contribution in [0.25, 0.3) is 0 Å². The molecule has 66 valence electrons. The van der Waals surface area contributed by atoms with Crippen LogP contribution in [-0.4, -0.2) is 16.2 Å². The molecule has 1 aliphatic rings. The van der Waals surface area contributed by atoms with Crippen molar-refractivity contribution in [3.05, 3.63) is 16.6 Å². The fourth-order valence-electron chi connectivity index (χ4n) is 1.83. The van der Waals surface area contributed by atoms with Gasteiger partial charge >= 0.3 is 0 Å². The molecule has 0 aromatic carbocycles. The third-order valence-corrected chi connectivity index (χ3v) is 3.34. The maximum atomic E-state index is 9.56. The number of thiazole rings is 1. The summed E-state index contributed by atoms with van der Waals surface area (Å²) in [6, 6.07) is 0. The first-order valence-corrected chi connectivity index (χ1v) is 5.30. The third-order valence-electron chi connectivity index (χ3n) is 2.54. The predicted molar refractivity (Wildman–Crippen MR) is 49.2 cm³/mol. The minimum absolute atomic E-state index is 0.0751. The molecule has 1 N–H and O–H groups in total. The van der Waals surface area contributed by atoms with Crippen LogP contribution in [-0.2, 0) is 6.42 Å². The van der Waals surface area contributed by atoms with Crippen molar-refractivity contribution >= 4 is 11.3 Å². The lowest BCUT2D eigenvalue weighted by atomic mass is 10.0. The number of nitrogens with zero attached hydrogens (tertiary/aromatic N) is 1. The van der Waals surface area contributed by atoms with Crippen LogP contribution in [0.5, 0.6) is 0 Å². The summed E-state index contributed by atoms with van der Waals surface area (Å²) in [4.78, 5) is 4.22. The van der Waals surface area contributed by atoms with Gasteiger partial charge in [0.25, 0.3) is 0 Å². The Morgan fingerprint density at radius 1 is 1.58 bits per heavy atom. The zero-order valence-electron chi connectivity index (χ0n) is 6.94. The van der Waals surface area contributed by atoms with E-state index in [4.69, 9.17) is 0 Å². The molecule has 0 amide bonds. The maximum Gasteiger partial charge on any atom is 0.0928 e. The SMILES string of the molecule is OC1CCCC1Cc1nccs1. The Morgan fingerprint density at radius 2 is 2.50 bits per heavy atom. The van der Waals surface area contributed by atoms with Crippen molar-refractivity contribution in [1.29, 1.82) is 0 Å². The first kappa shape index (κ1) is 8.20. The molecule has 0 radical (unpaired) electrons. The topological polar surface area (TPSA) is 33.1 Å². The molecule has 1 aromatic rings. The van der Waals surface area contributed by atoms with Crippen LogP contribution in [0.3, 0.4) is 0 Å². The molecule has 1 aromatic heterocycles. The van der Waals surface area contributed by atoms with E-state index in [0.717, 1.165) is 12.8 Å². The first-order chi connectivity index (χ1) is 5.86. The lowest BCUT2D eigenvalue weighted by Gasteiger charge is -2.11. The molecule has 0 bridgehead atoms. The second-order valence-electron chi connectivity index (χ2n) is 3.39. The molecule has 2 nitrogen and oxygen atoms in total. The average Bonchev–Trinajstić information content (AvgIpc) is 2.65. The van der Waals surface area contributed by atoms with Crippen LogP contribution < -0.4 is 0 Å². The molecule has 2 unspecified atom stereocenters. The second-order valence-corrected chi connectivity index (χ2v) is 4.37. The molecule has 1 saturated carbocycles. The third kappa shape index (κ3) is 1.67. The van der Waals surface area contributed by atoms with Gasteiger partial charge in [-0.15, -0.1) is 11.3 Å². The van der Waals surface area contributed by atoms with E-state index < -0.39 is 0 Å². The van der Waals surface area contributed by atoms with E-state index in [1.807, 2.05) is 11.6 Å². The van der Waals surface area contributed by atoms with Crippen molar-refractivity contribution in [3.63, 3.8) is 0 Å². The van der Waals surface area contributed by atoms with Crippen molar-refractivity contribution < 1.29 is 5.11 Å². The van der Waals surface area contributed by atoms with Gasteiger partial charge in [-0.3, -0.25) is 0 Å². The van der Waals surface area contributed by atoms with Crippen LogP contribution in [0.2, 0.25) is 0 Å². The first-order valence-electron chi connectivity index (χ1n) is 4.42. The van der Waals surface area contributed by atoms with Gasteiger partial charge in [0.2, 0.25) is 0 Å². The Kier molecular flexibility index (Phi) is 2.42. The van der Waals surface area contributed by atoms with Gasteiger partial charge in [0.1, 0.15) is 0 Å². The van der Waals surface area contributed by atoms with Crippen molar-refractivity contribution in [2.45, 2.75) is 31.8 Å². The lowest BCUT2D eigenvalue weighted by molar-refractivity contribution is 0.132. The van der Waals surface area contributed by atoms with E-state index in [1.165, 1.54) is 17.8 Å². The Bertz CT molecular complexity index is 235. The highest BCUT2D eigenvalue weighted by molar-refractivity contribution is 7.09. The summed E-state index contributed by atoms with van der Waals surface area (Å²) < 4.78 is 0. The number of hydrogen-bond donors (Lipinski definition) is 1. The standard InChI is InChI=1S/C9H13NOS/c11-8-3-1-2-7(8)6-9-10-4-5-12-9/h4-5,7-8,11H,1-3,6H2. The molecular formula is C9H13NOS. The highest BCUT2D eigenvalue weighted by Gasteiger charge is 2.25. The molecule has 1 heterocycles. The highest BCUT2D eigenvalue weighted by atomic mass is 32.1. The van der Waals surface area contributed by atoms with Crippen LogP contribution in [0.4, 0.5) is 0 Å². The summed E-state index contributed by atoms with van der Waals surface area (Å²) in [7, 11) is 0. The van der Waals surface area contributed by atoms with E-state index in [1.54, 1.807) is 11.3 Å². The molecule has 0 aliphatic heterocycles. The minimum Gasteiger partial charge on any atom is -0.393 e. The number of aromatic nitrogens is 1. The van der Waals surface area contributed by atoms with E-state index >= 15 is 0 Å². The quantitative estimate of drug-likeness (QED) is 0.759. The van der Waals surface area contributed by atoms with Crippen molar-refractivity contribution in [2.24, 2.45) is 5.92 Å². The zero-order chi connectivity index (χ0) is 8.39. The largest absolute Gasteiger partial charge is 0.393 e. The predicted octanol–water partition coefficient (Wildman–Crippen LogP) is 1.85. The monoisotopic (exact) mass is 183 g/mol. The fourth-order valence-corrected chi connectivity index (χ4v) is 2.54. The summed E-state index contributed by atoms with van der Waals surface area (Å²) in [6.45, 7) is 0. The van der Waals surface area contributed by atoms with Gasteiger partial charge in [-0.2, -0.15) is 0 Å². The van der Waals surface area contributed by atoms with E-state index in [-0.39, 0.29) is 6.10 Å². The van der Waals surface area contributed by atoms with Gasteiger partial charge in [-0.1, -0.05) is 6.42 Å². The zero-order valence-corrected chi connectivity index (χ0v) is 7.76. The van der Waals surface area contributed by atoms with Crippen LogP contribution in [0.15, 0.2) is 11.6 Å². The van der Waals surface area contributed by atoms with E-state index in [0.29, 0.717) is 5.92 Å². The summed E-state index contributed by atoms with van der Waals surface area (Å²) in [6.07, 6.45) is 6.06. The molecule has 2 atom stereocenters. The minimum atomic E-state index is -0.0751. The van der Waals surface area contributed by atoms with Crippen molar-refractivity contribution in [3.8, 4) is 0 Å². The van der Waals surface area contributed by atoms with Gasteiger partial charge in [0.05, 0.1) is 11.1 Å².